The quantitative estimate of drug-likeness (QED) is 0.471. The Bertz CT molecular complexity index is 203. The summed E-state index contributed by atoms with van der Waals surface area (Å²) in [5.41, 5.74) is 0. The molecule has 0 amide bonds. The molecule has 0 radical (unpaired) electrons. The van der Waals surface area contributed by atoms with Gasteiger partial charge in [-0.2, -0.15) is 0 Å². The zero-order valence-electron chi connectivity index (χ0n) is 6.98. The van der Waals surface area contributed by atoms with Gasteiger partial charge in [-0.25, -0.2) is 0 Å². The predicted molar refractivity (Wildman–Crippen MR) is 55.5 cm³/mol. The van der Waals surface area contributed by atoms with E-state index in [0.29, 0.717) is 0 Å². The van der Waals surface area contributed by atoms with Crippen LogP contribution >= 0.6 is 0 Å². The Hall–Kier alpha value is -1.63. The van der Waals surface area contributed by atoms with Crippen molar-refractivity contribution >= 4 is 6.21 Å². The van der Waals surface area contributed by atoms with Gasteiger partial charge in [0.2, 0.25) is 0 Å². The zero-order valence-corrected chi connectivity index (χ0v) is 6.98. The second-order valence-corrected chi connectivity index (χ2v) is 1.94. The maximum atomic E-state index is 6.69. The van der Waals surface area contributed by atoms with E-state index in [1.807, 2.05) is 36.5 Å². The van der Waals surface area contributed by atoms with E-state index in [-0.39, 0.29) is 0 Å². The monoisotopic (exact) mass is 159 g/mol. The molecule has 0 aromatic rings. The molecule has 0 unspecified atom stereocenters. The fourth-order valence-electron chi connectivity index (χ4n) is 0.519. The fourth-order valence-corrected chi connectivity index (χ4v) is 0.519. The van der Waals surface area contributed by atoms with Crippen molar-refractivity contribution in [1.82, 2.24) is 0 Å². The number of allylic oxidation sites excluding steroid dienone is 9. The molecule has 0 saturated carbocycles. The Morgan fingerprint density at radius 3 is 1.50 bits per heavy atom. The van der Waals surface area contributed by atoms with Crippen LogP contribution in [0.5, 0.6) is 0 Å². The lowest BCUT2D eigenvalue weighted by Crippen LogP contribution is -1.54. The second-order valence-electron chi connectivity index (χ2n) is 1.94. The molecule has 0 aromatic carbocycles. The maximum absolute atomic E-state index is 6.69. The molecular weight excluding hydrogens is 146 g/mol. The first kappa shape index (κ1) is 10.4. The van der Waals surface area contributed by atoms with Gasteiger partial charge in [-0.1, -0.05) is 55.2 Å². The third-order valence-electron chi connectivity index (χ3n) is 1.01. The minimum atomic E-state index is 1.24. The van der Waals surface area contributed by atoms with Gasteiger partial charge in [0.1, 0.15) is 0 Å². The number of hydrogen-bond donors (Lipinski definition) is 1. The molecule has 0 aliphatic heterocycles. The average molecular weight is 159 g/mol. The molecule has 0 bridgehead atoms. The van der Waals surface area contributed by atoms with Gasteiger partial charge < -0.3 is 5.41 Å². The minimum Gasteiger partial charge on any atom is -0.309 e. The van der Waals surface area contributed by atoms with Gasteiger partial charge in [-0.05, 0) is 6.08 Å². The molecule has 0 aliphatic carbocycles. The molecule has 0 aromatic heterocycles. The van der Waals surface area contributed by atoms with E-state index < -0.39 is 0 Å². The third kappa shape index (κ3) is 8.37. The summed E-state index contributed by atoms with van der Waals surface area (Å²) in [7, 11) is 0. The lowest BCUT2D eigenvalue weighted by Gasteiger charge is -1.72. The summed E-state index contributed by atoms with van der Waals surface area (Å²) in [6.07, 6.45) is 17.8. The van der Waals surface area contributed by atoms with Crippen LogP contribution in [-0.2, 0) is 0 Å². The van der Waals surface area contributed by atoms with E-state index in [2.05, 4.69) is 6.58 Å². The molecule has 1 nitrogen and oxygen atoms in total. The van der Waals surface area contributed by atoms with E-state index >= 15 is 0 Å². The van der Waals surface area contributed by atoms with Gasteiger partial charge in [0.15, 0.2) is 0 Å². The van der Waals surface area contributed by atoms with Gasteiger partial charge in [-0.3, -0.25) is 0 Å². The molecule has 1 heteroatoms. The van der Waals surface area contributed by atoms with Crippen LogP contribution in [0.25, 0.3) is 0 Å². The molecule has 62 valence electrons. The first-order valence-corrected chi connectivity index (χ1v) is 3.70. The highest BCUT2D eigenvalue weighted by atomic mass is 14.3. The van der Waals surface area contributed by atoms with Crippen molar-refractivity contribution in [2.75, 3.05) is 0 Å². The Balaban J connectivity index is 3.65. The summed E-state index contributed by atoms with van der Waals surface area (Å²) in [5.74, 6) is 0. The van der Waals surface area contributed by atoms with E-state index in [0.717, 1.165) is 0 Å². The van der Waals surface area contributed by atoms with Crippen molar-refractivity contribution in [2.45, 2.75) is 0 Å². The van der Waals surface area contributed by atoms with E-state index in [1.54, 1.807) is 18.2 Å². The highest BCUT2D eigenvalue weighted by Crippen LogP contribution is 1.81. The lowest BCUT2D eigenvalue weighted by atomic mass is 10.4. The molecule has 0 rings (SSSR count). The van der Waals surface area contributed by atoms with Crippen molar-refractivity contribution < 1.29 is 0 Å². The average Bonchev–Trinajstić information content (AvgIpc) is 2.10. The number of rotatable bonds is 5. The molecule has 1 N–H and O–H groups in total. The third-order valence-corrected chi connectivity index (χ3v) is 1.01. The van der Waals surface area contributed by atoms with Crippen molar-refractivity contribution in [3.8, 4) is 0 Å². The van der Waals surface area contributed by atoms with Crippen molar-refractivity contribution in [3.05, 3.63) is 61.3 Å². The Morgan fingerprint density at radius 1 is 0.667 bits per heavy atom. The summed E-state index contributed by atoms with van der Waals surface area (Å²) < 4.78 is 0. The molecule has 0 spiro atoms. The van der Waals surface area contributed by atoms with Crippen LogP contribution in [0.2, 0.25) is 0 Å². The highest BCUT2D eigenvalue weighted by molar-refractivity contribution is 5.68. The molecule has 0 atom stereocenters. The number of hydrogen-bond acceptors (Lipinski definition) is 1. The van der Waals surface area contributed by atoms with Gasteiger partial charge in [0.05, 0.1) is 0 Å². The van der Waals surface area contributed by atoms with Crippen LogP contribution in [0.4, 0.5) is 0 Å². The largest absolute Gasteiger partial charge is 0.309 e. The second kappa shape index (κ2) is 9.37. The van der Waals surface area contributed by atoms with Gasteiger partial charge in [0, 0.05) is 6.21 Å². The topological polar surface area (TPSA) is 23.9 Å². The Kier molecular flexibility index (Phi) is 8.10. The Labute approximate surface area is 73.6 Å². The molecule has 0 saturated heterocycles. The fraction of sp³-hybridized carbons (Fsp3) is 0. The van der Waals surface area contributed by atoms with E-state index in [9.17, 15) is 0 Å². The normalized spacial score (nSPS) is 12.3. The van der Waals surface area contributed by atoms with Crippen molar-refractivity contribution in [3.63, 3.8) is 0 Å². The van der Waals surface area contributed by atoms with Gasteiger partial charge in [0.25, 0.3) is 0 Å². The lowest BCUT2D eigenvalue weighted by molar-refractivity contribution is 1.58. The minimum absolute atomic E-state index is 1.24. The van der Waals surface area contributed by atoms with Crippen LogP contribution in [0, 0.1) is 5.41 Å². The molecule has 0 heterocycles. The highest BCUT2D eigenvalue weighted by Gasteiger charge is 1.61. The van der Waals surface area contributed by atoms with Crippen molar-refractivity contribution in [1.29, 1.82) is 5.41 Å². The van der Waals surface area contributed by atoms with Crippen LogP contribution in [0.1, 0.15) is 0 Å². The standard InChI is InChI=1S/C11H13N/c1-2-3-4-5-6-7-8-9-10-11-12/h2-12H,1H2/b4-3+,6-5+,8-7+,10-9+,12-11?. The maximum Gasteiger partial charge on any atom is 0.0177 e. The molecule has 0 fully saturated rings. The predicted octanol–water partition coefficient (Wildman–Crippen LogP) is 3.05. The summed E-state index contributed by atoms with van der Waals surface area (Å²) in [5, 5.41) is 6.69. The van der Waals surface area contributed by atoms with Crippen LogP contribution in [0.15, 0.2) is 61.3 Å². The van der Waals surface area contributed by atoms with Crippen LogP contribution in [0.3, 0.4) is 0 Å². The first-order valence-electron chi connectivity index (χ1n) is 3.70. The number of nitrogens with one attached hydrogen (secondary N) is 1. The van der Waals surface area contributed by atoms with Gasteiger partial charge >= 0.3 is 0 Å². The summed E-state index contributed by atoms with van der Waals surface area (Å²) in [6, 6.07) is 0. The zero-order chi connectivity index (χ0) is 9.07. The first-order chi connectivity index (χ1) is 5.91. The van der Waals surface area contributed by atoms with E-state index in [1.165, 1.54) is 6.21 Å². The summed E-state index contributed by atoms with van der Waals surface area (Å²) in [6.45, 7) is 3.54. The Morgan fingerprint density at radius 2 is 1.08 bits per heavy atom. The van der Waals surface area contributed by atoms with Gasteiger partial charge in [-0.15, -0.1) is 0 Å². The van der Waals surface area contributed by atoms with Crippen molar-refractivity contribution in [2.24, 2.45) is 0 Å². The smallest absolute Gasteiger partial charge is 0.0177 e. The molecule has 12 heavy (non-hydrogen) atoms. The van der Waals surface area contributed by atoms with E-state index in [4.69, 9.17) is 5.41 Å². The molecule has 0 aliphatic rings. The van der Waals surface area contributed by atoms with Crippen LogP contribution in [-0.4, -0.2) is 6.21 Å². The molecular formula is C11H13N. The summed E-state index contributed by atoms with van der Waals surface area (Å²) >= 11 is 0. The summed E-state index contributed by atoms with van der Waals surface area (Å²) in [4.78, 5) is 0. The van der Waals surface area contributed by atoms with Crippen LogP contribution < -0.4 is 0 Å². The SMILES string of the molecule is C=C/C=C/C=C/C=C/C=C/C=N.